The van der Waals surface area contributed by atoms with Gasteiger partial charge in [-0.05, 0) is 59.6 Å². The molecule has 1 heterocycles. The van der Waals surface area contributed by atoms with Crippen molar-refractivity contribution in [2.24, 2.45) is 11.8 Å². The van der Waals surface area contributed by atoms with Crippen LogP contribution < -0.4 is 0 Å². The average molecular weight is 460 g/mol. The van der Waals surface area contributed by atoms with E-state index in [-0.39, 0.29) is 6.03 Å². The Morgan fingerprint density at radius 1 is 1.16 bits per heavy atom. The van der Waals surface area contributed by atoms with E-state index in [4.69, 9.17) is 0 Å². The van der Waals surface area contributed by atoms with Crippen LogP contribution in [0.1, 0.15) is 27.7 Å². The van der Waals surface area contributed by atoms with Gasteiger partial charge in [0, 0.05) is 13.1 Å². The smallest absolute Gasteiger partial charge is 0.323 e. The highest BCUT2D eigenvalue weighted by Gasteiger charge is 2.23. The summed E-state index contributed by atoms with van der Waals surface area (Å²) in [4.78, 5) is 18.7. The fraction of sp³-hybridized carbons (Fsp3) is 0.667. The Morgan fingerprint density at radius 3 is 1.95 bits per heavy atom. The van der Waals surface area contributed by atoms with E-state index in [9.17, 15) is 4.79 Å². The first kappa shape index (κ1) is 17.2. The lowest BCUT2D eigenvalue weighted by molar-refractivity contribution is 0.184. The van der Waals surface area contributed by atoms with Crippen molar-refractivity contribution < 1.29 is 4.79 Å². The molecule has 1 aromatic rings. The molecule has 0 bridgehead atoms. The minimum atomic E-state index is -0.0700. The van der Waals surface area contributed by atoms with Crippen molar-refractivity contribution in [3.8, 4) is 0 Å². The lowest BCUT2D eigenvalue weighted by Crippen LogP contribution is -2.39. The fourth-order valence-electron chi connectivity index (χ4n) is 1.77. The Bertz CT molecular complexity index is 447. The lowest BCUT2D eigenvalue weighted by Gasteiger charge is -2.26. The van der Waals surface area contributed by atoms with Crippen LogP contribution in [-0.2, 0) is 0 Å². The number of carbonyl (C=O) groups excluding carboxylic acids is 1. The maximum atomic E-state index is 12.6. The van der Waals surface area contributed by atoms with Crippen LogP contribution in [0.4, 0.5) is 4.79 Å². The molecule has 0 aliphatic heterocycles. The number of halogens is 3. The first-order valence-corrected chi connectivity index (χ1v) is 8.50. The quantitative estimate of drug-likeness (QED) is 0.651. The first-order valence-electron chi connectivity index (χ1n) is 6.12. The topological polar surface area (TPSA) is 38.1 Å². The van der Waals surface area contributed by atoms with E-state index in [0.717, 1.165) is 13.1 Å². The molecule has 1 aromatic heterocycles. The van der Waals surface area contributed by atoms with Gasteiger partial charge in [-0.2, -0.15) is 0 Å². The highest BCUT2D eigenvalue weighted by Crippen LogP contribution is 2.27. The normalized spacial score (nSPS) is 11.4. The summed E-state index contributed by atoms with van der Waals surface area (Å²) in [6, 6.07) is -0.0700. The number of hydrogen-bond acceptors (Lipinski definition) is 2. The van der Waals surface area contributed by atoms with Gasteiger partial charge in [-0.1, -0.05) is 27.7 Å². The molecule has 0 saturated carbocycles. The Hall–Kier alpha value is 0.120. The molecule has 0 aliphatic carbocycles. The summed E-state index contributed by atoms with van der Waals surface area (Å²) in [5.41, 5.74) is 0. The molecule has 0 atom stereocenters. The molecule has 1 rings (SSSR count). The van der Waals surface area contributed by atoms with Gasteiger partial charge in [-0.15, -0.1) is 0 Å². The van der Waals surface area contributed by atoms with Gasteiger partial charge in [-0.25, -0.2) is 14.3 Å². The predicted molar refractivity (Wildman–Crippen MR) is 87.4 cm³/mol. The van der Waals surface area contributed by atoms with Crippen molar-refractivity contribution >= 4 is 53.8 Å². The van der Waals surface area contributed by atoms with Crippen LogP contribution in [0.15, 0.2) is 13.9 Å². The number of imidazole rings is 1. The summed E-state index contributed by atoms with van der Waals surface area (Å²) in [7, 11) is 0. The molecule has 1 amide bonds. The molecule has 0 aromatic carbocycles. The molecule has 0 aliphatic rings. The molecule has 0 spiro atoms. The van der Waals surface area contributed by atoms with Crippen molar-refractivity contribution in [3.63, 3.8) is 0 Å². The van der Waals surface area contributed by atoms with Crippen LogP contribution in [-0.4, -0.2) is 33.6 Å². The molecule has 0 radical (unpaired) electrons. The highest BCUT2D eigenvalue weighted by molar-refractivity contribution is 9.13. The van der Waals surface area contributed by atoms with Crippen LogP contribution in [0.25, 0.3) is 0 Å². The van der Waals surface area contributed by atoms with Gasteiger partial charge in [0.1, 0.15) is 9.21 Å². The third-order valence-corrected chi connectivity index (χ3v) is 4.72. The van der Waals surface area contributed by atoms with E-state index >= 15 is 0 Å². The number of carbonyl (C=O) groups is 1. The van der Waals surface area contributed by atoms with Crippen molar-refractivity contribution in [2.75, 3.05) is 13.1 Å². The second kappa shape index (κ2) is 7.22. The van der Waals surface area contributed by atoms with Crippen LogP contribution >= 0.6 is 47.8 Å². The zero-order valence-electron chi connectivity index (χ0n) is 11.5. The molecular formula is C12H18Br3N3O. The second-order valence-corrected chi connectivity index (χ2v) is 7.48. The Balaban J connectivity index is 3.04. The minimum absolute atomic E-state index is 0.0700. The van der Waals surface area contributed by atoms with E-state index in [1.165, 1.54) is 4.57 Å². The van der Waals surface area contributed by atoms with E-state index in [0.29, 0.717) is 25.8 Å². The molecule has 0 saturated heterocycles. The molecule has 4 nitrogen and oxygen atoms in total. The van der Waals surface area contributed by atoms with Gasteiger partial charge < -0.3 is 4.90 Å². The monoisotopic (exact) mass is 457 g/mol. The number of nitrogens with zero attached hydrogens (tertiary/aromatic N) is 3. The van der Waals surface area contributed by atoms with Crippen LogP contribution in [0.3, 0.4) is 0 Å². The number of aromatic nitrogens is 2. The van der Waals surface area contributed by atoms with E-state index in [1.54, 1.807) is 0 Å². The van der Waals surface area contributed by atoms with E-state index in [2.05, 4.69) is 80.5 Å². The number of hydrogen-bond donors (Lipinski definition) is 0. The van der Waals surface area contributed by atoms with Gasteiger partial charge in [0.25, 0.3) is 0 Å². The minimum Gasteiger partial charge on any atom is -0.323 e. The maximum absolute atomic E-state index is 12.6. The molecule has 108 valence electrons. The fourth-order valence-corrected chi connectivity index (χ4v) is 3.50. The summed E-state index contributed by atoms with van der Waals surface area (Å²) in [5.74, 6) is 0.847. The lowest BCUT2D eigenvalue weighted by atomic mass is 10.1. The predicted octanol–water partition coefficient (Wildman–Crippen LogP) is 4.75. The zero-order chi connectivity index (χ0) is 14.7. The standard InChI is InChI=1S/C12H18Br3N3O/c1-7(2)5-17(6-8(3)4)12(19)18-10(14)9(13)16-11(18)15/h7-8H,5-6H2,1-4H3. The van der Waals surface area contributed by atoms with E-state index < -0.39 is 0 Å². The van der Waals surface area contributed by atoms with Gasteiger partial charge in [-0.3, -0.25) is 0 Å². The summed E-state index contributed by atoms with van der Waals surface area (Å²) in [6.07, 6.45) is 0. The summed E-state index contributed by atoms with van der Waals surface area (Å²) >= 11 is 10.00. The molecular weight excluding hydrogens is 442 g/mol. The highest BCUT2D eigenvalue weighted by atomic mass is 79.9. The summed E-state index contributed by atoms with van der Waals surface area (Å²) < 4.78 is 3.26. The van der Waals surface area contributed by atoms with Crippen molar-refractivity contribution in [3.05, 3.63) is 13.9 Å². The van der Waals surface area contributed by atoms with Crippen molar-refractivity contribution in [2.45, 2.75) is 27.7 Å². The van der Waals surface area contributed by atoms with Gasteiger partial charge in [0.15, 0.2) is 4.73 Å². The maximum Gasteiger partial charge on any atom is 0.331 e. The number of amides is 1. The van der Waals surface area contributed by atoms with Crippen molar-refractivity contribution in [1.82, 2.24) is 14.5 Å². The largest absolute Gasteiger partial charge is 0.331 e. The van der Waals surface area contributed by atoms with Gasteiger partial charge in [0.2, 0.25) is 0 Å². The van der Waals surface area contributed by atoms with Crippen LogP contribution in [0.5, 0.6) is 0 Å². The van der Waals surface area contributed by atoms with E-state index in [1.807, 2.05) is 4.90 Å². The molecule has 0 fully saturated rings. The van der Waals surface area contributed by atoms with Crippen molar-refractivity contribution in [1.29, 1.82) is 0 Å². The Labute approximate surface area is 139 Å². The third kappa shape index (κ3) is 4.56. The van der Waals surface area contributed by atoms with Gasteiger partial charge in [0.05, 0.1) is 0 Å². The molecule has 7 heteroatoms. The van der Waals surface area contributed by atoms with Gasteiger partial charge >= 0.3 is 6.03 Å². The van der Waals surface area contributed by atoms with Crippen LogP contribution in [0.2, 0.25) is 0 Å². The summed E-state index contributed by atoms with van der Waals surface area (Å²) in [6.45, 7) is 9.88. The third-order valence-electron chi connectivity index (χ3n) is 2.37. The average Bonchev–Trinajstić information content (AvgIpc) is 2.50. The van der Waals surface area contributed by atoms with Crippen LogP contribution in [0, 0.1) is 11.8 Å². The Morgan fingerprint density at radius 2 is 1.63 bits per heavy atom. The molecule has 0 unspecified atom stereocenters. The zero-order valence-corrected chi connectivity index (χ0v) is 16.2. The molecule has 19 heavy (non-hydrogen) atoms. The summed E-state index contributed by atoms with van der Waals surface area (Å²) in [5, 5.41) is 0. The number of rotatable bonds is 4. The SMILES string of the molecule is CC(C)CN(CC(C)C)C(=O)n1c(Br)nc(Br)c1Br. The first-order chi connectivity index (χ1) is 8.73. The second-order valence-electron chi connectivity index (χ2n) is 5.27. The Kier molecular flexibility index (Phi) is 6.53. The molecule has 0 N–H and O–H groups in total.